The van der Waals surface area contributed by atoms with Crippen LogP contribution in [0.2, 0.25) is 0 Å². The normalized spacial score (nSPS) is 29.0. The molecular formula is C11H23N. The Morgan fingerprint density at radius 1 is 0.917 bits per heavy atom. The molecule has 0 aromatic rings. The van der Waals surface area contributed by atoms with E-state index in [1.807, 2.05) is 0 Å². The summed E-state index contributed by atoms with van der Waals surface area (Å²) >= 11 is 0. The first kappa shape index (κ1) is 10.0. The Labute approximate surface area is 76.9 Å². The molecule has 1 nitrogen and oxygen atoms in total. The lowest BCUT2D eigenvalue weighted by atomic mass is 9.70. The molecule has 1 fully saturated rings. The van der Waals surface area contributed by atoms with E-state index in [1.165, 1.54) is 32.2 Å². The second-order valence-electron chi connectivity index (χ2n) is 5.25. The van der Waals surface area contributed by atoms with Gasteiger partial charge in [-0.1, -0.05) is 26.7 Å². The fraction of sp³-hybridized carbons (Fsp3) is 1.00. The van der Waals surface area contributed by atoms with Crippen molar-refractivity contribution in [2.75, 3.05) is 6.54 Å². The van der Waals surface area contributed by atoms with Crippen molar-refractivity contribution in [1.29, 1.82) is 0 Å². The second kappa shape index (κ2) is 3.37. The first-order chi connectivity index (χ1) is 5.46. The van der Waals surface area contributed by atoms with Gasteiger partial charge in [-0.3, -0.25) is 0 Å². The van der Waals surface area contributed by atoms with E-state index in [9.17, 15) is 0 Å². The molecule has 0 saturated carbocycles. The fourth-order valence-corrected chi connectivity index (χ4v) is 1.82. The number of nitrogens with one attached hydrogen (secondary N) is 1. The highest BCUT2D eigenvalue weighted by Crippen LogP contribution is 2.36. The summed E-state index contributed by atoms with van der Waals surface area (Å²) in [6, 6.07) is 0. The molecule has 1 heterocycles. The summed E-state index contributed by atoms with van der Waals surface area (Å²) in [4.78, 5) is 0. The first-order valence-electron chi connectivity index (χ1n) is 5.21. The number of rotatable bonds is 0. The highest BCUT2D eigenvalue weighted by Gasteiger charge is 2.36. The smallest absolute Gasteiger partial charge is 0.0176 e. The van der Waals surface area contributed by atoms with Crippen molar-refractivity contribution >= 4 is 0 Å². The van der Waals surface area contributed by atoms with Crippen LogP contribution < -0.4 is 5.32 Å². The topological polar surface area (TPSA) is 12.0 Å². The van der Waals surface area contributed by atoms with E-state index in [1.54, 1.807) is 0 Å². The summed E-state index contributed by atoms with van der Waals surface area (Å²) < 4.78 is 0. The Morgan fingerprint density at radius 3 is 2.25 bits per heavy atom. The van der Waals surface area contributed by atoms with E-state index in [4.69, 9.17) is 0 Å². The van der Waals surface area contributed by atoms with E-state index >= 15 is 0 Å². The van der Waals surface area contributed by atoms with E-state index in [-0.39, 0.29) is 0 Å². The Kier molecular flexibility index (Phi) is 2.82. The standard InChI is InChI=1S/C11H23N/c1-10(2)8-6-5-7-9-12-11(10,3)4/h12H,5-9H2,1-4H3. The Bertz CT molecular complexity index is 129. The molecule has 0 unspecified atom stereocenters. The molecule has 12 heavy (non-hydrogen) atoms. The Balaban J connectivity index is 2.66. The van der Waals surface area contributed by atoms with Crippen LogP contribution in [0.3, 0.4) is 0 Å². The Hall–Kier alpha value is -0.0400. The maximum atomic E-state index is 3.65. The lowest BCUT2D eigenvalue weighted by molar-refractivity contribution is 0.127. The van der Waals surface area contributed by atoms with Crippen molar-refractivity contribution in [1.82, 2.24) is 5.32 Å². The van der Waals surface area contributed by atoms with Gasteiger partial charge in [0, 0.05) is 5.54 Å². The molecule has 0 aromatic carbocycles. The van der Waals surface area contributed by atoms with Crippen LogP contribution in [0.4, 0.5) is 0 Å². The van der Waals surface area contributed by atoms with Gasteiger partial charge in [0.25, 0.3) is 0 Å². The van der Waals surface area contributed by atoms with Gasteiger partial charge in [-0.05, 0) is 38.6 Å². The van der Waals surface area contributed by atoms with Crippen molar-refractivity contribution in [3.8, 4) is 0 Å². The van der Waals surface area contributed by atoms with E-state index < -0.39 is 0 Å². The lowest BCUT2D eigenvalue weighted by Gasteiger charge is -2.44. The van der Waals surface area contributed by atoms with Crippen molar-refractivity contribution in [2.45, 2.75) is 58.9 Å². The van der Waals surface area contributed by atoms with E-state index in [2.05, 4.69) is 33.0 Å². The van der Waals surface area contributed by atoms with E-state index in [0.29, 0.717) is 11.0 Å². The van der Waals surface area contributed by atoms with Gasteiger partial charge in [-0.2, -0.15) is 0 Å². The van der Waals surface area contributed by atoms with Gasteiger partial charge < -0.3 is 5.32 Å². The van der Waals surface area contributed by atoms with Gasteiger partial charge in [-0.15, -0.1) is 0 Å². The van der Waals surface area contributed by atoms with Gasteiger partial charge in [0.05, 0.1) is 0 Å². The maximum absolute atomic E-state index is 3.65. The zero-order chi connectivity index (χ0) is 9.24. The predicted octanol–water partition coefficient (Wildman–Crippen LogP) is 2.95. The van der Waals surface area contributed by atoms with Gasteiger partial charge in [0.1, 0.15) is 0 Å². The molecule has 72 valence electrons. The molecule has 1 saturated heterocycles. The number of hydrogen-bond donors (Lipinski definition) is 1. The molecule has 0 amide bonds. The molecule has 0 bridgehead atoms. The van der Waals surface area contributed by atoms with Crippen LogP contribution in [0.5, 0.6) is 0 Å². The zero-order valence-corrected chi connectivity index (χ0v) is 9.04. The van der Waals surface area contributed by atoms with Crippen LogP contribution in [0.25, 0.3) is 0 Å². The minimum absolute atomic E-state index is 0.299. The zero-order valence-electron chi connectivity index (χ0n) is 9.04. The quantitative estimate of drug-likeness (QED) is 0.588. The minimum atomic E-state index is 0.299. The van der Waals surface area contributed by atoms with Gasteiger partial charge >= 0.3 is 0 Å². The third-order valence-electron chi connectivity index (χ3n) is 3.74. The molecule has 1 rings (SSSR count). The van der Waals surface area contributed by atoms with E-state index in [0.717, 1.165) is 0 Å². The maximum Gasteiger partial charge on any atom is 0.0176 e. The summed E-state index contributed by atoms with van der Waals surface area (Å²) in [5, 5.41) is 3.65. The van der Waals surface area contributed by atoms with Gasteiger partial charge in [-0.25, -0.2) is 0 Å². The summed E-state index contributed by atoms with van der Waals surface area (Å²) in [5.41, 5.74) is 0.737. The number of hydrogen-bond acceptors (Lipinski definition) is 1. The molecule has 1 aliphatic heterocycles. The largest absolute Gasteiger partial charge is 0.311 e. The molecule has 0 spiro atoms. The molecule has 1 N–H and O–H groups in total. The summed E-state index contributed by atoms with van der Waals surface area (Å²) in [6.07, 6.45) is 5.50. The van der Waals surface area contributed by atoms with Crippen LogP contribution in [0.15, 0.2) is 0 Å². The second-order valence-corrected chi connectivity index (χ2v) is 5.25. The minimum Gasteiger partial charge on any atom is -0.311 e. The van der Waals surface area contributed by atoms with Crippen molar-refractivity contribution in [2.24, 2.45) is 5.41 Å². The average molecular weight is 169 g/mol. The SMILES string of the molecule is CC1(C)CCCCCNC1(C)C. The van der Waals surface area contributed by atoms with Crippen LogP contribution in [-0.2, 0) is 0 Å². The molecular weight excluding hydrogens is 146 g/mol. The van der Waals surface area contributed by atoms with Crippen LogP contribution in [-0.4, -0.2) is 12.1 Å². The highest BCUT2D eigenvalue weighted by atomic mass is 15.0. The summed E-state index contributed by atoms with van der Waals surface area (Å²) in [5.74, 6) is 0. The highest BCUT2D eigenvalue weighted by molar-refractivity contribution is 4.93. The first-order valence-corrected chi connectivity index (χ1v) is 5.21. The van der Waals surface area contributed by atoms with Gasteiger partial charge in [0.2, 0.25) is 0 Å². The van der Waals surface area contributed by atoms with Crippen molar-refractivity contribution in [3.63, 3.8) is 0 Å². The van der Waals surface area contributed by atoms with Crippen molar-refractivity contribution < 1.29 is 0 Å². The van der Waals surface area contributed by atoms with Gasteiger partial charge in [0.15, 0.2) is 0 Å². The van der Waals surface area contributed by atoms with Crippen LogP contribution in [0.1, 0.15) is 53.4 Å². The summed E-state index contributed by atoms with van der Waals surface area (Å²) in [7, 11) is 0. The third-order valence-corrected chi connectivity index (χ3v) is 3.74. The lowest BCUT2D eigenvalue weighted by Crippen LogP contribution is -2.52. The molecule has 0 radical (unpaired) electrons. The monoisotopic (exact) mass is 169 g/mol. The molecule has 1 aliphatic rings. The third kappa shape index (κ3) is 2.01. The van der Waals surface area contributed by atoms with Crippen molar-refractivity contribution in [3.05, 3.63) is 0 Å². The average Bonchev–Trinajstić information content (AvgIpc) is 1.94. The molecule has 0 aliphatic carbocycles. The fourth-order valence-electron chi connectivity index (χ4n) is 1.82. The summed E-state index contributed by atoms with van der Waals surface area (Å²) in [6.45, 7) is 10.6. The molecule has 0 aromatic heterocycles. The molecule has 0 atom stereocenters. The van der Waals surface area contributed by atoms with Crippen LogP contribution >= 0.6 is 0 Å². The molecule has 1 heteroatoms. The Morgan fingerprint density at radius 2 is 1.58 bits per heavy atom. The predicted molar refractivity (Wildman–Crippen MR) is 54.3 cm³/mol. The van der Waals surface area contributed by atoms with Crippen LogP contribution in [0, 0.1) is 5.41 Å².